The predicted octanol–water partition coefficient (Wildman–Crippen LogP) is 6.46. The maximum Gasteiger partial charge on any atom is 0.303 e. The predicted molar refractivity (Wildman–Crippen MR) is 131 cm³/mol. The molecule has 170 valence electrons. The van der Waals surface area contributed by atoms with E-state index in [9.17, 15) is 9.90 Å². The van der Waals surface area contributed by atoms with Crippen molar-refractivity contribution in [3.8, 4) is 0 Å². The number of carboxylic acids is 1. The molecule has 31 heavy (non-hydrogen) atoms. The topological polar surface area (TPSA) is 65.5 Å². The first kappa shape index (κ1) is 23.6. The van der Waals surface area contributed by atoms with E-state index in [4.69, 9.17) is 4.98 Å². The summed E-state index contributed by atoms with van der Waals surface area (Å²) >= 11 is 1.77. The van der Waals surface area contributed by atoms with E-state index in [1.54, 1.807) is 11.3 Å². The molecular weight excluding hydrogens is 406 g/mol. The van der Waals surface area contributed by atoms with E-state index >= 15 is 0 Å². The zero-order valence-electron chi connectivity index (χ0n) is 19.6. The van der Waals surface area contributed by atoms with Crippen molar-refractivity contribution in [1.82, 2.24) is 4.98 Å². The molecule has 5 nitrogen and oxygen atoms in total. The molecule has 1 heterocycles. The van der Waals surface area contributed by atoms with Crippen molar-refractivity contribution in [2.45, 2.75) is 72.6 Å². The van der Waals surface area contributed by atoms with Gasteiger partial charge in [-0.1, -0.05) is 40.7 Å². The van der Waals surface area contributed by atoms with E-state index in [0.717, 1.165) is 42.3 Å². The van der Waals surface area contributed by atoms with Crippen molar-refractivity contribution in [2.24, 2.45) is 11.8 Å². The molecule has 0 fully saturated rings. The van der Waals surface area contributed by atoms with E-state index in [1.807, 2.05) is 6.92 Å². The Kier molecular flexibility index (Phi) is 7.98. The van der Waals surface area contributed by atoms with Crippen molar-refractivity contribution in [3.63, 3.8) is 0 Å². The van der Waals surface area contributed by atoms with Crippen LogP contribution in [0.1, 0.15) is 75.9 Å². The number of nitrogens with one attached hydrogen (secondary N) is 1. The first-order valence-electron chi connectivity index (χ1n) is 11.6. The number of thiazole rings is 1. The average Bonchev–Trinajstić information content (AvgIpc) is 3.08. The first-order valence-corrected chi connectivity index (χ1v) is 12.4. The maximum atomic E-state index is 11.3. The van der Waals surface area contributed by atoms with Crippen molar-refractivity contribution < 1.29 is 9.90 Å². The minimum Gasteiger partial charge on any atom is -0.481 e. The molecule has 0 saturated carbocycles. The summed E-state index contributed by atoms with van der Waals surface area (Å²) in [6.07, 6.45) is 4.80. The molecule has 0 spiro atoms. The highest BCUT2D eigenvalue weighted by Crippen LogP contribution is 2.37. The summed E-state index contributed by atoms with van der Waals surface area (Å²) in [5, 5.41) is 13.8. The van der Waals surface area contributed by atoms with Crippen LogP contribution < -0.4 is 10.2 Å². The van der Waals surface area contributed by atoms with Gasteiger partial charge in [-0.3, -0.25) is 4.79 Å². The molecule has 0 aliphatic heterocycles. The molecular formula is C25H37N3O2S. The summed E-state index contributed by atoms with van der Waals surface area (Å²) in [5.74, 6) is 0.286. The second-order valence-corrected chi connectivity index (χ2v) is 10.8. The Morgan fingerprint density at radius 3 is 2.42 bits per heavy atom. The average molecular weight is 444 g/mol. The molecule has 0 saturated heterocycles. The van der Waals surface area contributed by atoms with Gasteiger partial charge in [-0.25, -0.2) is 4.98 Å². The fourth-order valence-corrected chi connectivity index (χ4v) is 5.35. The van der Waals surface area contributed by atoms with Crippen LogP contribution in [-0.4, -0.2) is 29.1 Å². The zero-order chi connectivity index (χ0) is 22.5. The van der Waals surface area contributed by atoms with Crippen LogP contribution in [0.3, 0.4) is 0 Å². The molecule has 1 aliphatic rings. The van der Waals surface area contributed by atoms with E-state index < -0.39 is 5.97 Å². The number of carbonyl (C=O) groups is 1. The van der Waals surface area contributed by atoms with Crippen LogP contribution in [0.5, 0.6) is 0 Å². The Hall–Kier alpha value is -2.08. The number of hydrogen-bond donors (Lipinski definition) is 2. The molecule has 1 aliphatic carbocycles. The number of aromatic nitrogens is 1. The normalized spacial score (nSPS) is 14.5. The van der Waals surface area contributed by atoms with Gasteiger partial charge in [0.05, 0.1) is 23.5 Å². The quantitative estimate of drug-likeness (QED) is 0.441. The van der Waals surface area contributed by atoms with Gasteiger partial charge in [-0.05, 0) is 61.1 Å². The van der Waals surface area contributed by atoms with Crippen LogP contribution in [0.2, 0.25) is 0 Å². The number of carboxylic acid groups (broad SMARTS) is 1. The fraction of sp³-hybridized carbons (Fsp3) is 0.600. The van der Waals surface area contributed by atoms with E-state index in [-0.39, 0.29) is 12.3 Å². The number of aliphatic carboxylic acids is 1. The number of benzene rings is 1. The highest BCUT2D eigenvalue weighted by atomic mass is 32.1. The SMILES string of the molecule is CC(C)CN(CC(C)C)c1ccc(C(C)CC(=O)O)cc1Nc1nc2c(s1)CCCC2. The highest BCUT2D eigenvalue weighted by molar-refractivity contribution is 7.15. The van der Waals surface area contributed by atoms with Crippen LogP contribution in [-0.2, 0) is 17.6 Å². The maximum absolute atomic E-state index is 11.3. The van der Waals surface area contributed by atoms with Crippen molar-refractivity contribution in [1.29, 1.82) is 0 Å². The highest BCUT2D eigenvalue weighted by Gasteiger charge is 2.20. The summed E-state index contributed by atoms with van der Waals surface area (Å²) < 4.78 is 0. The molecule has 1 atom stereocenters. The Morgan fingerprint density at radius 1 is 1.13 bits per heavy atom. The summed E-state index contributed by atoms with van der Waals surface area (Å²) in [6.45, 7) is 12.9. The van der Waals surface area contributed by atoms with Gasteiger partial charge in [0, 0.05) is 18.0 Å². The number of aryl methyl sites for hydroxylation is 2. The van der Waals surface area contributed by atoms with Gasteiger partial charge >= 0.3 is 5.97 Å². The Morgan fingerprint density at radius 2 is 1.81 bits per heavy atom. The standard InChI is InChI=1S/C25H37N3O2S/c1-16(2)14-28(15-17(3)4)22-11-10-19(18(5)12-24(29)30)13-21(22)27-25-26-20-8-6-7-9-23(20)31-25/h10-11,13,16-18H,6-9,12,14-15H2,1-5H3,(H,26,27)(H,29,30). The van der Waals surface area contributed by atoms with Crippen LogP contribution in [0.4, 0.5) is 16.5 Å². The van der Waals surface area contributed by atoms with E-state index in [1.165, 1.54) is 29.1 Å². The number of nitrogens with zero attached hydrogens (tertiary/aromatic N) is 2. The molecule has 2 aromatic rings. The Bertz CT molecular complexity index is 857. The molecule has 1 aromatic heterocycles. The molecule has 6 heteroatoms. The minimum absolute atomic E-state index is 0.0414. The fourth-order valence-electron chi connectivity index (χ4n) is 4.29. The first-order chi connectivity index (χ1) is 14.7. The lowest BCUT2D eigenvalue weighted by Crippen LogP contribution is -2.31. The van der Waals surface area contributed by atoms with Crippen molar-refractivity contribution >= 4 is 33.8 Å². The third kappa shape index (κ3) is 6.45. The summed E-state index contributed by atoms with van der Waals surface area (Å²) in [7, 11) is 0. The summed E-state index contributed by atoms with van der Waals surface area (Å²) in [6, 6.07) is 6.39. The lowest BCUT2D eigenvalue weighted by atomic mass is 9.96. The van der Waals surface area contributed by atoms with Crippen LogP contribution in [0, 0.1) is 11.8 Å². The largest absolute Gasteiger partial charge is 0.481 e. The van der Waals surface area contributed by atoms with Crippen molar-refractivity contribution in [3.05, 3.63) is 34.3 Å². The monoisotopic (exact) mass is 443 g/mol. The van der Waals surface area contributed by atoms with Crippen LogP contribution >= 0.6 is 11.3 Å². The Balaban J connectivity index is 1.97. The van der Waals surface area contributed by atoms with Gasteiger partial charge in [-0.2, -0.15) is 0 Å². The third-order valence-corrected chi connectivity index (χ3v) is 6.74. The minimum atomic E-state index is -0.764. The zero-order valence-corrected chi connectivity index (χ0v) is 20.4. The number of anilines is 3. The smallest absolute Gasteiger partial charge is 0.303 e. The number of fused-ring (bicyclic) bond motifs is 1. The number of rotatable bonds is 10. The molecule has 0 bridgehead atoms. The van der Waals surface area contributed by atoms with Crippen LogP contribution in [0.25, 0.3) is 0 Å². The summed E-state index contributed by atoms with van der Waals surface area (Å²) in [4.78, 5) is 20.0. The second-order valence-electron chi connectivity index (χ2n) is 9.69. The van der Waals surface area contributed by atoms with Gasteiger partial charge in [0.1, 0.15) is 0 Å². The lowest BCUT2D eigenvalue weighted by Gasteiger charge is -2.31. The van der Waals surface area contributed by atoms with Gasteiger partial charge in [0.2, 0.25) is 0 Å². The van der Waals surface area contributed by atoms with Gasteiger partial charge in [0.25, 0.3) is 0 Å². The Labute approximate surface area is 190 Å². The summed E-state index contributed by atoms with van der Waals surface area (Å²) in [5.41, 5.74) is 4.49. The van der Waals surface area contributed by atoms with E-state index in [0.29, 0.717) is 11.8 Å². The third-order valence-electron chi connectivity index (χ3n) is 5.67. The molecule has 0 radical (unpaired) electrons. The van der Waals surface area contributed by atoms with Gasteiger partial charge in [0.15, 0.2) is 5.13 Å². The second kappa shape index (κ2) is 10.5. The lowest BCUT2D eigenvalue weighted by molar-refractivity contribution is -0.137. The molecule has 0 amide bonds. The molecule has 1 unspecified atom stereocenters. The molecule has 2 N–H and O–H groups in total. The van der Waals surface area contributed by atoms with E-state index in [2.05, 4.69) is 56.1 Å². The molecule has 1 aromatic carbocycles. The van der Waals surface area contributed by atoms with Crippen LogP contribution in [0.15, 0.2) is 18.2 Å². The molecule has 3 rings (SSSR count). The van der Waals surface area contributed by atoms with Gasteiger partial charge < -0.3 is 15.3 Å². The van der Waals surface area contributed by atoms with Gasteiger partial charge in [-0.15, -0.1) is 11.3 Å². The number of hydrogen-bond acceptors (Lipinski definition) is 5. The van der Waals surface area contributed by atoms with Crippen molar-refractivity contribution in [2.75, 3.05) is 23.3 Å².